The molecule has 2 aromatic carbocycles. The van der Waals surface area contributed by atoms with E-state index in [1.807, 2.05) is 49.9 Å². The molecule has 1 aliphatic rings. The van der Waals surface area contributed by atoms with Gasteiger partial charge < -0.3 is 14.4 Å². The first-order valence-electron chi connectivity index (χ1n) is 11.6. The van der Waals surface area contributed by atoms with E-state index in [1.165, 1.54) is 12.1 Å². The van der Waals surface area contributed by atoms with Crippen molar-refractivity contribution in [3.05, 3.63) is 65.5 Å². The lowest BCUT2D eigenvalue weighted by Gasteiger charge is -2.36. The molecule has 3 rings (SSSR count). The second-order valence-electron chi connectivity index (χ2n) is 10.1. The van der Waals surface area contributed by atoms with E-state index in [0.717, 1.165) is 49.1 Å². The molecule has 0 aliphatic carbocycles. The smallest absolute Gasteiger partial charge is 0.410 e. The van der Waals surface area contributed by atoms with Crippen molar-refractivity contribution in [3.63, 3.8) is 0 Å². The molecule has 1 fully saturated rings. The lowest BCUT2D eigenvalue weighted by atomic mass is 9.78. The first kappa shape index (κ1) is 24.1. The average molecular weight is 442 g/mol. The minimum absolute atomic E-state index is 0.148. The van der Waals surface area contributed by atoms with Crippen LogP contribution in [-0.2, 0) is 10.2 Å². The van der Waals surface area contributed by atoms with E-state index in [-0.39, 0.29) is 23.4 Å². The van der Waals surface area contributed by atoms with Gasteiger partial charge in [-0.15, -0.1) is 0 Å². The molecule has 0 saturated carbocycles. The molecule has 0 N–H and O–H groups in total. The van der Waals surface area contributed by atoms with Crippen molar-refractivity contribution in [1.29, 1.82) is 0 Å². The molecule has 0 radical (unpaired) electrons. The van der Waals surface area contributed by atoms with Gasteiger partial charge in [0.25, 0.3) is 0 Å². The number of hydrogen-bond acceptors (Lipinski definition) is 3. The van der Waals surface area contributed by atoms with Crippen LogP contribution in [0.2, 0.25) is 0 Å². The van der Waals surface area contributed by atoms with Crippen molar-refractivity contribution in [3.8, 4) is 5.75 Å². The van der Waals surface area contributed by atoms with Gasteiger partial charge in [0.05, 0.1) is 6.61 Å². The van der Waals surface area contributed by atoms with Crippen molar-refractivity contribution in [2.45, 2.75) is 77.4 Å². The molecular weight excluding hydrogens is 405 g/mol. The minimum atomic E-state index is -0.487. The zero-order valence-corrected chi connectivity index (χ0v) is 20.0. The lowest BCUT2D eigenvalue weighted by molar-refractivity contribution is 0.00743. The number of benzene rings is 2. The Bertz CT molecular complexity index is 885. The van der Waals surface area contributed by atoms with E-state index >= 15 is 0 Å². The quantitative estimate of drug-likeness (QED) is 0.500. The monoisotopic (exact) mass is 441 g/mol. The first-order valence-corrected chi connectivity index (χ1v) is 11.6. The summed E-state index contributed by atoms with van der Waals surface area (Å²) in [5, 5.41) is 0. The van der Waals surface area contributed by atoms with E-state index in [2.05, 4.69) is 26.0 Å². The van der Waals surface area contributed by atoms with E-state index in [0.29, 0.717) is 6.61 Å². The van der Waals surface area contributed by atoms with E-state index in [9.17, 15) is 9.18 Å². The third kappa shape index (κ3) is 6.24. The molecule has 32 heavy (non-hydrogen) atoms. The highest BCUT2D eigenvalue weighted by atomic mass is 19.1. The third-order valence-electron chi connectivity index (χ3n) is 6.12. The van der Waals surface area contributed by atoms with Gasteiger partial charge in [-0.1, -0.05) is 38.1 Å². The summed E-state index contributed by atoms with van der Waals surface area (Å²) >= 11 is 0. The summed E-state index contributed by atoms with van der Waals surface area (Å²) in [4.78, 5) is 14.4. The second kappa shape index (κ2) is 9.93. The topological polar surface area (TPSA) is 38.8 Å². The van der Waals surface area contributed by atoms with Crippen LogP contribution in [0.1, 0.15) is 71.4 Å². The van der Waals surface area contributed by atoms with Gasteiger partial charge in [-0.25, -0.2) is 9.18 Å². The van der Waals surface area contributed by atoms with Crippen LogP contribution < -0.4 is 4.74 Å². The lowest BCUT2D eigenvalue weighted by Crippen LogP contribution is -2.46. The van der Waals surface area contributed by atoms with Crippen molar-refractivity contribution < 1.29 is 18.7 Å². The average Bonchev–Trinajstić information content (AvgIpc) is 2.73. The van der Waals surface area contributed by atoms with Crippen molar-refractivity contribution in [2.75, 3.05) is 13.2 Å². The Morgan fingerprint density at radius 2 is 1.56 bits per heavy atom. The maximum Gasteiger partial charge on any atom is 0.410 e. The highest BCUT2D eigenvalue weighted by Gasteiger charge is 2.30. The maximum absolute atomic E-state index is 13.3. The molecule has 1 heterocycles. The summed E-state index contributed by atoms with van der Waals surface area (Å²) < 4.78 is 24.9. The number of nitrogens with zero attached hydrogens (tertiary/aromatic N) is 1. The van der Waals surface area contributed by atoms with Crippen molar-refractivity contribution in [1.82, 2.24) is 4.90 Å². The molecule has 174 valence electrons. The molecule has 1 atom stereocenters. The predicted molar refractivity (Wildman–Crippen MR) is 126 cm³/mol. The van der Waals surface area contributed by atoms with Crippen LogP contribution in [0.3, 0.4) is 0 Å². The Kier molecular flexibility index (Phi) is 7.47. The van der Waals surface area contributed by atoms with Crippen LogP contribution in [0.4, 0.5) is 9.18 Å². The largest absolute Gasteiger partial charge is 0.494 e. The molecule has 4 nitrogen and oxygen atoms in total. The number of hydrogen-bond donors (Lipinski definition) is 0. The van der Waals surface area contributed by atoms with E-state index in [4.69, 9.17) is 9.47 Å². The van der Waals surface area contributed by atoms with Gasteiger partial charge in [0.2, 0.25) is 0 Å². The molecule has 1 unspecified atom stereocenters. The first-order chi connectivity index (χ1) is 15.1. The SMILES string of the molecule is CC(C)(C)OC(=O)N1CCCCC1CCOc1ccc(C(C)(C)c2ccc(F)cc2)cc1. The second-order valence-corrected chi connectivity index (χ2v) is 10.1. The fraction of sp³-hybridized carbons (Fsp3) is 0.519. The summed E-state index contributed by atoms with van der Waals surface area (Å²) in [5.41, 5.74) is 1.48. The van der Waals surface area contributed by atoms with E-state index < -0.39 is 5.60 Å². The number of carbonyl (C=O) groups is 1. The zero-order valence-electron chi connectivity index (χ0n) is 20.0. The van der Waals surface area contributed by atoms with Gasteiger partial charge in [0.1, 0.15) is 17.2 Å². The van der Waals surface area contributed by atoms with Crippen LogP contribution in [0, 0.1) is 5.82 Å². The summed E-state index contributed by atoms with van der Waals surface area (Å²) in [6, 6.07) is 14.9. The number of carbonyl (C=O) groups excluding carboxylic acids is 1. The Morgan fingerprint density at radius 3 is 2.16 bits per heavy atom. The number of ether oxygens (including phenoxy) is 2. The maximum atomic E-state index is 13.3. The Balaban J connectivity index is 1.56. The number of rotatable bonds is 6. The molecule has 5 heteroatoms. The number of amides is 1. The fourth-order valence-electron chi connectivity index (χ4n) is 4.18. The zero-order chi connectivity index (χ0) is 23.4. The van der Waals surface area contributed by atoms with Crippen LogP contribution in [0.25, 0.3) is 0 Å². The fourth-order valence-corrected chi connectivity index (χ4v) is 4.18. The van der Waals surface area contributed by atoms with Crippen molar-refractivity contribution >= 4 is 6.09 Å². The molecule has 0 bridgehead atoms. The number of halogens is 1. The van der Waals surface area contributed by atoms with Crippen LogP contribution in [0.15, 0.2) is 48.5 Å². The molecule has 1 aliphatic heterocycles. The minimum Gasteiger partial charge on any atom is -0.494 e. The summed E-state index contributed by atoms with van der Waals surface area (Å²) in [6.07, 6.45) is 3.67. The van der Waals surface area contributed by atoms with Gasteiger partial charge in [0.15, 0.2) is 0 Å². The van der Waals surface area contributed by atoms with E-state index in [1.54, 1.807) is 0 Å². The summed E-state index contributed by atoms with van der Waals surface area (Å²) in [7, 11) is 0. The van der Waals surface area contributed by atoms with Gasteiger partial charge in [-0.05, 0) is 75.4 Å². The third-order valence-corrected chi connectivity index (χ3v) is 6.12. The molecule has 0 aromatic heterocycles. The molecule has 0 spiro atoms. The predicted octanol–water partition coefficient (Wildman–Crippen LogP) is 6.71. The Morgan fingerprint density at radius 1 is 0.969 bits per heavy atom. The highest BCUT2D eigenvalue weighted by Crippen LogP contribution is 2.32. The highest BCUT2D eigenvalue weighted by molar-refractivity contribution is 5.68. The molecular formula is C27H36FNO3. The normalized spacial score (nSPS) is 17.2. The van der Waals surface area contributed by atoms with Gasteiger partial charge in [-0.3, -0.25) is 0 Å². The van der Waals surface area contributed by atoms with Gasteiger partial charge >= 0.3 is 6.09 Å². The summed E-state index contributed by atoms with van der Waals surface area (Å²) in [6.45, 7) is 11.2. The standard InChI is InChI=1S/C27H36FNO3/c1-26(2,3)32-25(30)29-18-7-6-8-23(29)17-19-31-24-15-11-21(12-16-24)27(4,5)20-9-13-22(28)14-10-20/h9-16,23H,6-8,17-19H2,1-5H3. The number of piperidine rings is 1. The molecule has 1 saturated heterocycles. The van der Waals surface area contributed by atoms with Crippen LogP contribution in [-0.4, -0.2) is 35.8 Å². The van der Waals surface area contributed by atoms with Crippen LogP contribution >= 0.6 is 0 Å². The van der Waals surface area contributed by atoms with Crippen molar-refractivity contribution in [2.24, 2.45) is 0 Å². The Hall–Kier alpha value is -2.56. The van der Waals surface area contributed by atoms with Crippen LogP contribution in [0.5, 0.6) is 5.75 Å². The number of likely N-dealkylation sites (tertiary alicyclic amines) is 1. The van der Waals surface area contributed by atoms with Gasteiger partial charge in [-0.2, -0.15) is 0 Å². The molecule has 2 aromatic rings. The molecule has 1 amide bonds. The Labute approximate surface area is 191 Å². The summed E-state index contributed by atoms with van der Waals surface area (Å²) in [5.74, 6) is 0.583. The van der Waals surface area contributed by atoms with Gasteiger partial charge in [0, 0.05) is 24.4 Å².